The molecule has 0 saturated heterocycles. The first-order chi connectivity index (χ1) is 13.5. The molecule has 0 bridgehead atoms. The van der Waals surface area contributed by atoms with Gasteiger partial charge in [0.1, 0.15) is 0 Å². The molecule has 0 N–H and O–H groups in total. The molecule has 0 heterocycles. The van der Waals surface area contributed by atoms with E-state index in [1.165, 1.54) is 7.11 Å². The Morgan fingerprint density at radius 2 is 1.46 bits per heavy atom. The highest BCUT2D eigenvalue weighted by Crippen LogP contribution is 2.27. The summed E-state index contributed by atoms with van der Waals surface area (Å²) in [4.78, 5) is 28.6. The maximum atomic E-state index is 13.1. The molecule has 5 heteroatoms. The van der Waals surface area contributed by atoms with E-state index in [1.807, 2.05) is 86.5 Å². The van der Waals surface area contributed by atoms with E-state index >= 15 is 0 Å². The molecular weight excluding hydrogens is 352 g/mol. The molecule has 0 aromatic heterocycles. The maximum Gasteiger partial charge on any atom is 0.309 e. The maximum absolute atomic E-state index is 13.1. The van der Waals surface area contributed by atoms with Crippen LogP contribution in [0.1, 0.15) is 31.0 Å². The first-order valence-electron chi connectivity index (χ1n) is 9.63. The number of hydrogen-bond donors (Lipinski definition) is 0. The van der Waals surface area contributed by atoms with Crippen molar-refractivity contribution >= 4 is 11.9 Å². The molecule has 2 rings (SSSR count). The fourth-order valence-corrected chi connectivity index (χ4v) is 3.33. The summed E-state index contributed by atoms with van der Waals surface area (Å²) < 4.78 is 4.80. The number of rotatable bonds is 9. The van der Waals surface area contributed by atoms with Crippen LogP contribution in [0.3, 0.4) is 0 Å². The number of nitrogens with zero attached hydrogens (tertiary/aromatic N) is 2. The molecule has 0 radical (unpaired) electrons. The molecule has 0 aliphatic rings. The Morgan fingerprint density at radius 3 is 1.89 bits per heavy atom. The van der Waals surface area contributed by atoms with Crippen molar-refractivity contribution < 1.29 is 14.3 Å². The minimum atomic E-state index is -0.276. The second-order valence-electron chi connectivity index (χ2n) is 6.98. The lowest BCUT2D eigenvalue weighted by atomic mass is 9.97. The van der Waals surface area contributed by atoms with Gasteiger partial charge in [-0.1, -0.05) is 74.5 Å². The zero-order chi connectivity index (χ0) is 20.5. The molecule has 28 heavy (non-hydrogen) atoms. The number of carbonyl (C=O) groups excluding carboxylic acids is 2. The summed E-state index contributed by atoms with van der Waals surface area (Å²) in [6.45, 7) is 5.24. The highest BCUT2D eigenvalue weighted by atomic mass is 16.5. The summed E-state index contributed by atoms with van der Waals surface area (Å²) in [5.74, 6) is -0.524. The fourth-order valence-electron chi connectivity index (χ4n) is 3.33. The summed E-state index contributed by atoms with van der Waals surface area (Å²) >= 11 is 0. The second-order valence-corrected chi connectivity index (χ2v) is 6.98. The standard InChI is InChI=1S/C23H30N2O3/c1-5-25(16-18(2)23(27)28-4)17-21(26)24(3)22(19-12-8-6-9-13-19)20-14-10-7-11-15-20/h6-15,18,22H,5,16-17H2,1-4H3. The van der Waals surface area contributed by atoms with Crippen molar-refractivity contribution in [1.29, 1.82) is 0 Å². The third-order valence-electron chi connectivity index (χ3n) is 4.95. The van der Waals surface area contributed by atoms with Gasteiger partial charge in [-0.15, -0.1) is 0 Å². The number of benzene rings is 2. The van der Waals surface area contributed by atoms with E-state index in [1.54, 1.807) is 4.90 Å². The van der Waals surface area contributed by atoms with Crippen LogP contribution in [0.25, 0.3) is 0 Å². The predicted molar refractivity (Wildman–Crippen MR) is 111 cm³/mol. The molecule has 1 atom stereocenters. The van der Waals surface area contributed by atoms with Gasteiger partial charge in [0.15, 0.2) is 0 Å². The number of carbonyl (C=O) groups is 2. The fraction of sp³-hybridized carbons (Fsp3) is 0.391. The molecule has 0 fully saturated rings. The lowest BCUT2D eigenvalue weighted by Gasteiger charge is -2.32. The van der Waals surface area contributed by atoms with E-state index in [0.29, 0.717) is 13.1 Å². The Morgan fingerprint density at radius 1 is 0.964 bits per heavy atom. The zero-order valence-corrected chi connectivity index (χ0v) is 17.2. The Labute approximate surface area is 167 Å². The minimum Gasteiger partial charge on any atom is -0.469 e. The third-order valence-corrected chi connectivity index (χ3v) is 4.95. The van der Waals surface area contributed by atoms with E-state index < -0.39 is 0 Å². The molecule has 0 aliphatic heterocycles. The van der Waals surface area contributed by atoms with E-state index in [9.17, 15) is 9.59 Å². The number of amides is 1. The number of hydrogen-bond acceptors (Lipinski definition) is 4. The van der Waals surface area contributed by atoms with Crippen molar-refractivity contribution in [3.63, 3.8) is 0 Å². The van der Waals surface area contributed by atoms with Crippen molar-refractivity contribution in [2.45, 2.75) is 19.9 Å². The average Bonchev–Trinajstić information content (AvgIpc) is 2.74. The first-order valence-corrected chi connectivity index (χ1v) is 9.63. The van der Waals surface area contributed by atoms with Crippen LogP contribution >= 0.6 is 0 Å². The first kappa shape index (κ1) is 21.6. The van der Waals surface area contributed by atoms with Crippen molar-refractivity contribution in [2.24, 2.45) is 5.92 Å². The van der Waals surface area contributed by atoms with Crippen LogP contribution in [0, 0.1) is 5.92 Å². The van der Waals surface area contributed by atoms with Crippen molar-refractivity contribution in [1.82, 2.24) is 9.80 Å². The molecule has 2 aromatic carbocycles. The Balaban J connectivity index is 2.18. The number of methoxy groups -OCH3 is 1. The van der Waals surface area contributed by atoms with Crippen molar-refractivity contribution in [3.8, 4) is 0 Å². The smallest absolute Gasteiger partial charge is 0.309 e. The van der Waals surface area contributed by atoms with E-state index in [4.69, 9.17) is 4.74 Å². The topological polar surface area (TPSA) is 49.9 Å². The summed E-state index contributed by atoms with van der Waals surface area (Å²) in [6, 6.07) is 19.9. The van der Waals surface area contributed by atoms with Gasteiger partial charge in [-0.05, 0) is 17.7 Å². The van der Waals surface area contributed by atoms with Gasteiger partial charge in [-0.25, -0.2) is 0 Å². The second kappa shape index (κ2) is 10.6. The third kappa shape index (κ3) is 5.67. The van der Waals surface area contributed by atoms with Gasteiger partial charge in [0.05, 0.1) is 25.6 Å². The quantitative estimate of drug-likeness (QED) is 0.624. The monoisotopic (exact) mass is 382 g/mol. The molecule has 5 nitrogen and oxygen atoms in total. The highest BCUT2D eigenvalue weighted by Gasteiger charge is 2.25. The molecule has 0 saturated carbocycles. The van der Waals surface area contributed by atoms with Gasteiger partial charge in [-0.2, -0.15) is 0 Å². The Hall–Kier alpha value is -2.66. The van der Waals surface area contributed by atoms with Crippen molar-refractivity contribution in [2.75, 3.05) is 33.8 Å². The molecule has 150 valence electrons. The van der Waals surface area contributed by atoms with Gasteiger partial charge in [0.2, 0.25) is 5.91 Å². The minimum absolute atomic E-state index is 0.0108. The molecular formula is C23H30N2O3. The van der Waals surface area contributed by atoms with E-state index in [0.717, 1.165) is 11.1 Å². The molecule has 0 spiro atoms. The predicted octanol–water partition coefficient (Wildman–Crippen LogP) is 3.37. The normalized spacial score (nSPS) is 12.1. The van der Waals surface area contributed by atoms with Gasteiger partial charge in [0, 0.05) is 13.6 Å². The molecule has 1 unspecified atom stereocenters. The van der Waals surface area contributed by atoms with Crippen LogP contribution in [-0.4, -0.2) is 55.5 Å². The number of likely N-dealkylation sites (N-methyl/N-ethyl adjacent to an activating group) is 2. The van der Waals surface area contributed by atoms with Crippen LogP contribution in [0.5, 0.6) is 0 Å². The number of esters is 1. The summed E-state index contributed by atoms with van der Waals surface area (Å²) in [5.41, 5.74) is 2.13. The van der Waals surface area contributed by atoms with Gasteiger partial charge < -0.3 is 9.64 Å². The van der Waals surface area contributed by atoms with Crippen LogP contribution < -0.4 is 0 Å². The SMILES string of the molecule is CCN(CC(=O)N(C)C(c1ccccc1)c1ccccc1)CC(C)C(=O)OC. The average molecular weight is 383 g/mol. The lowest BCUT2D eigenvalue weighted by molar-refractivity contribution is -0.146. The largest absolute Gasteiger partial charge is 0.469 e. The van der Waals surface area contributed by atoms with Crippen molar-refractivity contribution in [3.05, 3.63) is 71.8 Å². The lowest BCUT2D eigenvalue weighted by Crippen LogP contribution is -2.42. The summed E-state index contributed by atoms with van der Waals surface area (Å²) in [6.07, 6.45) is 0. The Kier molecular flexibility index (Phi) is 8.20. The zero-order valence-electron chi connectivity index (χ0n) is 17.2. The van der Waals surface area contributed by atoms with Gasteiger partial charge in [-0.3, -0.25) is 14.5 Å². The van der Waals surface area contributed by atoms with Crippen LogP contribution in [0.4, 0.5) is 0 Å². The summed E-state index contributed by atoms with van der Waals surface area (Å²) in [7, 11) is 3.23. The van der Waals surface area contributed by atoms with Gasteiger partial charge >= 0.3 is 5.97 Å². The van der Waals surface area contributed by atoms with E-state index in [2.05, 4.69) is 0 Å². The summed E-state index contributed by atoms with van der Waals surface area (Å²) in [5, 5.41) is 0. The van der Waals surface area contributed by atoms with Crippen LogP contribution in [-0.2, 0) is 14.3 Å². The molecule has 1 amide bonds. The van der Waals surface area contributed by atoms with Crippen LogP contribution in [0.15, 0.2) is 60.7 Å². The van der Waals surface area contributed by atoms with E-state index in [-0.39, 0.29) is 30.4 Å². The Bertz CT molecular complexity index is 709. The molecule has 2 aromatic rings. The van der Waals surface area contributed by atoms with Gasteiger partial charge in [0.25, 0.3) is 0 Å². The molecule has 0 aliphatic carbocycles. The number of ether oxygens (including phenoxy) is 1. The highest BCUT2D eigenvalue weighted by molar-refractivity contribution is 5.79. The van der Waals surface area contributed by atoms with Crippen LogP contribution in [0.2, 0.25) is 0 Å².